The van der Waals surface area contributed by atoms with Gasteiger partial charge in [-0.3, -0.25) is 4.79 Å². The predicted molar refractivity (Wildman–Crippen MR) is 144 cm³/mol. The lowest BCUT2D eigenvalue weighted by molar-refractivity contribution is -0.216. The molecule has 0 aromatic heterocycles. The van der Waals surface area contributed by atoms with E-state index in [1.807, 2.05) is 0 Å². The first-order valence-electron chi connectivity index (χ1n) is 15.4. The SMILES string of the molecule is CC(=O)OC(C1CC(C)C2C(O1)C(O)C1(C)C3CCC4C(C)(C)C(O)CCC45CC35CCC21C)C(C)(C)O. The third-order valence-corrected chi connectivity index (χ3v) is 14.1. The minimum Gasteiger partial charge on any atom is -0.457 e. The zero-order valence-electron chi connectivity index (χ0n) is 24.9. The first-order chi connectivity index (χ1) is 17.5. The number of rotatable bonds is 3. The highest BCUT2D eigenvalue weighted by molar-refractivity contribution is 5.66. The van der Waals surface area contributed by atoms with Crippen LogP contribution in [0.1, 0.15) is 107 Å². The number of hydrogen-bond acceptors (Lipinski definition) is 6. The standard InChI is InChI=1S/C32H52O6/c1-17-15-19(26(28(5,6)36)37-18(2)33)38-24-23(17)29(7)13-14-32-16-31(32)12-11-22(34)27(3,4)20(31)9-10-21(32)30(29,8)25(24)35/h17,19-26,34-36H,9-16H2,1-8H3. The number of carbonyl (C=O) groups excluding carboxylic acids is 1. The van der Waals surface area contributed by atoms with E-state index in [4.69, 9.17) is 9.47 Å². The normalized spacial score (nSPS) is 55.4. The van der Waals surface area contributed by atoms with Crippen molar-refractivity contribution in [1.29, 1.82) is 0 Å². The van der Waals surface area contributed by atoms with E-state index in [0.29, 0.717) is 23.7 Å². The molecule has 13 atom stereocenters. The summed E-state index contributed by atoms with van der Waals surface area (Å²) in [5.74, 6) is 1.09. The summed E-state index contributed by atoms with van der Waals surface area (Å²) in [5, 5.41) is 34.2. The second-order valence-corrected chi connectivity index (χ2v) is 16.3. The first-order valence-corrected chi connectivity index (χ1v) is 15.4. The van der Waals surface area contributed by atoms with Gasteiger partial charge >= 0.3 is 5.97 Å². The van der Waals surface area contributed by atoms with Crippen LogP contribution in [0.25, 0.3) is 0 Å². The zero-order chi connectivity index (χ0) is 27.8. The quantitative estimate of drug-likeness (QED) is 0.449. The van der Waals surface area contributed by atoms with E-state index in [2.05, 4.69) is 34.6 Å². The Labute approximate surface area is 229 Å². The lowest BCUT2D eigenvalue weighted by atomic mass is 9.41. The van der Waals surface area contributed by atoms with Gasteiger partial charge in [0.15, 0.2) is 6.10 Å². The Morgan fingerprint density at radius 2 is 1.63 bits per heavy atom. The number of aliphatic hydroxyl groups excluding tert-OH is 2. The fraction of sp³-hybridized carbons (Fsp3) is 0.969. The molecule has 2 spiro atoms. The monoisotopic (exact) mass is 532 g/mol. The second kappa shape index (κ2) is 7.98. The summed E-state index contributed by atoms with van der Waals surface area (Å²) in [4.78, 5) is 11.9. The molecule has 1 aliphatic heterocycles. The van der Waals surface area contributed by atoms with Crippen molar-refractivity contribution in [3.63, 3.8) is 0 Å². The summed E-state index contributed by atoms with van der Waals surface area (Å²) in [6, 6.07) is 0. The van der Waals surface area contributed by atoms with Gasteiger partial charge in [0.2, 0.25) is 0 Å². The number of ether oxygens (including phenoxy) is 2. The van der Waals surface area contributed by atoms with Gasteiger partial charge in [-0.15, -0.1) is 0 Å². The van der Waals surface area contributed by atoms with Crippen molar-refractivity contribution in [3.8, 4) is 0 Å². The minimum atomic E-state index is -1.24. The summed E-state index contributed by atoms with van der Waals surface area (Å²) in [7, 11) is 0. The molecule has 5 saturated carbocycles. The average molecular weight is 533 g/mol. The maximum absolute atomic E-state index is 12.3. The highest BCUT2D eigenvalue weighted by atomic mass is 16.6. The Balaban J connectivity index is 1.35. The maximum atomic E-state index is 12.3. The van der Waals surface area contributed by atoms with Gasteiger partial charge in [0.1, 0.15) is 0 Å². The summed E-state index contributed by atoms with van der Waals surface area (Å²) < 4.78 is 12.4. The van der Waals surface area contributed by atoms with E-state index in [1.54, 1.807) is 13.8 Å². The molecule has 0 amide bonds. The summed E-state index contributed by atoms with van der Waals surface area (Å²) in [6.45, 7) is 16.4. The van der Waals surface area contributed by atoms with Crippen LogP contribution in [0, 0.1) is 50.7 Å². The molecule has 13 unspecified atom stereocenters. The number of hydrogen-bond donors (Lipinski definition) is 3. The van der Waals surface area contributed by atoms with Gasteiger partial charge in [-0.05, 0) is 111 Å². The summed E-state index contributed by atoms with van der Waals surface area (Å²) in [6.07, 6.45) is 6.19. The molecular weight excluding hydrogens is 480 g/mol. The third-order valence-electron chi connectivity index (χ3n) is 14.1. The molecule has 0 aromatic rings. The van der Waals surface area contributed by atoms with Gasteiger partial charge in [0, 0.05) is 12.3 Å². The number of esters is 1. The molecule has 6 fully saturated rings. The van der Waals surface area contributed by atoms with Crippen LogP contribution in [-0.2, 0) is 14.3 Å². The van der Waals surface area contributed by atoms with Crippen molar-refractivity contribution < 1.29 is 29.6 Å². The molecule has 3 N–H and O–H groups in total. The first kappa shape index (κ1) is 27.5. The van der Waals surface area contributed by atoms with Crippen LogP contribution < -0.4 is 0 Å². The van der Waals surface area contributed by atoms with Gasteiger partial charge < -0.3 is 24.8 Å². The van der Waals surface area contributed by atoms with Crippen molar-refractivity contribution in [3.05, 3.63) is 0 Å². The average Bonchev–Trinajstić information content (AvgIpc) is 3.44. The number of fused-ring (bicyclic) bond motifs is 4. The molecule has 6 rings (SSSR count). The molecule has 0 bridgehead atoms. The molecule has 1 heterocycles. The van der Waals surface area contributed by atoms with E-state index in [-0.39, 0.29) is 45.7 Å². The second-order valence-electron chi connectivity index (χ2n) is 16.3. The third kappa shape index (κ3) is 3.13. The Bertz CT molecular complexity index is 1000. The van der Waals surface area contributed by atoms with Gasteiger partial charge in [-0.25, -0.2) is 0 Å². The number of carbonyl (C=O) groups is 1. The van der Waals surface area contributed by atoms with Crippen molar-refractivity contribution in [2.75, 3.05) is 0 Å². The lowest BCUT2D eigenvalue weighted by Crippen LogP contribution is -2.59. The Hall–Kier alpha value is -0.690. The van der Waals surface area contributed by atoms with Gasteiger partial charge in [-0.2, -0.15) is 0 Å². The van der Waals surface area contributed by atoms with Crippen LogP contribution in [0.3, 0.4) is 0 Å². The smallest absolute Gasteiger partial charge is 0.303 e. The Kier molecular flexibility index (Phi) is 5.77. The van der Waals surface area contributed by atoms with E-state index >= 15 is 0 Å². The van der Waals surface area contributed by atoms with Crippen LogP contribution in [0.5, 0.6) is 0 Å². The highest BCUT2D eigenvalue weighted by Crippen LogP contribution is 2.89. The molecule has 0 radical (unpaired) electrons. The van der Waals surface area contributed by atoms with Gasteiger partial charge in [0.25, 0.3) is 0 Å². The van der Waals surface area contributed by atoms with Crippen molar-refractivity contribution in [1.82, 2.24) is 0 Å². The minimum absolute atomic E-state index is 0.0383. The Morgan fingerprint density at radius 1 is 1.00 bits per heavy atom. The van der Waals surface area contributed by atoms with E-state index in [0.717, 1.165) is 32.1 Å². The molecule has 0 aromatic carbocycles. The van der Waals surface area contributed by atoms with E-state index in [1.165, 1.54) is 19.8 Å². The molecular formula is C32H52O6. The van der Waals surface area contributed by atoms with Crippen LogP contribution in [0.2, 0.25) is 0 Å². The summed E-state index contributed by atoms with van der Waals surface area (Å²) in [5.41, 5.74) is -1.01. The molecule has 216 valence electrons. The molecule has 6 heteroatoms. The number of aliphatic hydroxyl groups is 3. The van der Waals surface area contributed by atoms with Crippen molar-refractivity contribution in [2.45, 2.75) is 143 Å². The van der Waals surface area contributed by atoms with Crippen LogP contribution >= 0.6 is 0 Å². The molecule has 38 heavy (non-hydrogen) atoms. The van der Waals surface area contributed by atoms with Crippen LogP contribution in [0.15, 0.2) is 0 Å². The zero-order valence-corrected chi connectivity index (χ0v) is 24.9. The van der Waals surface area contributed by atoms with E-state index in [9.17, 15) is 20.1 Å². The Morgan fingerprint density at radius 3 is 2.26 bits per heavy atom. The van der Waals surface area contributed by atoms with Gasteiger partial charge in [-0.1, -0.05) is 34.6 Å². The van der Waals surface area contributed by atoms with Gasteiger partial charge in [0.05, 0.1) is 30.0 Å². The largest absolute Gasteiger partial charge is 0.457 e. The maximum Gasteiger partial charge on any atom is 0.303 e. The molecule has 5 aliphatic carbocycles. The fourth-order valence-corrected chi connectivity index (χ4v) is 12.4. The topological polar surface area (TPSA) is 96.2 Å². The lowest BCUT2D eigenvalue weighted by Gasteiger charge is -2.63. The fourth-order valence-electron chi connectivity index (χ4n) is 12.4. The highest BCUT2D eigenvalue weighted by Gasteiger charge is 2.84. The molecule has 6 aliphatic rings. The van der Waals surface area contributed by atoms with Crippen molar-refractivity contribution in [2.24, 2.45) is 50.7 Å². The molecule has 6 nitrogen and oxygen atoms in total. The van der Waals surface area contributed by atoms with Crippen molar-refractivity contribution >= 4 is 5.97 Å². The predicted octanol–water partition coefficient (Wildman–Crippen LogP) is 4.86. The summed E-state index contributed by atoms with van der Waals surface area (Å²) >= 11 is 0. The van der Waals surface area contributed by atoms with Crippen LogP contribution in [0.4, 0.5) is 0 Å². The molecule has 1 saturated heterocycles. The van der Waals surface area contributed by atoms with Crippen LogP contribution in [-0.4, -0.2) is 57.4 Å². The van der Waals surface area contributed by atoms with E-state index < -0.39 is 29.9 Å².